The zero-order valence-corrected chi connectivity index (χ0v) is 8.74. The molecule has 0 bridgehead atoms. The lowest BCUT2D eigenvalue weighted by Crippen LogP contribution is -2.29. The normalized spacial score (nSPS) is 12.7. The predicted octanol–water partition coefficient (Wildman–Crippen LogP) is 0.805. The van der Waals surface area contributed by atoms with Gasteiger partial charge < -0.3 is 0 Å². The van der Waals surface area contributed by atoms with E-state index in [0.29, 0.717) is 11.3 Å². The van der Waals surface area contributed by atoms with Crippen molar-refractivity contribution in [2.45, 2.75) is 13.0 Å². The summed E-state index contributed by atoms with van der Waals surface area (Å²) < 4.78 is 13.1. The van der Waals surface area contributed by atoms with E-state index in [2.05, 4.69) is 20.8 Å². The number of hydrazine groups is 1. The highest BCUT2D eigenvalue weighted by Crippen LogP contribution is 2.20. The molecule has 2 aromatic rings. The first-order valence-electron chi connectivity index (χ1n) is 4.80. The van der Waals surface area contributed by atoms with Crippen LogP contribution in [0.5, 0.6) is 0 Å². The Hall–Kier alpha value is -1.79. The quantitative estimate of drug-likeness (QED) is 0.529. The number of hydrogen-bond donors (Lipinski definition) is 3. The summed E-state index contributed by atoms with van der Waals surface area (Å²) in [6.07, 6.45) is 1.57. The average molecular weight is 221 g/mol. The molecule has 0 saturated heterocycles. The van der Waals surface area contributed by atoms with Gasteiger partial charge in [0, 0.05) is 0 Å². The molecule has 0 saturated carbocycles. The van der Waals surface area contributed by atoms with Gasteiger partial charge in [0.25, 0.3) is 0 Å². The summed E-state index contributed by atoms with van der Waals surface area (Å²) in [5, 5.41) is 10.2. The molecule has 1 heterocycles. The number of nitrogens with one attached hydrogen (secondary N) is 2. The maximum atomic E-state index is 13.1. The highest BCUT2D eigenvalue weighted by atomic mass is 19.1. The van der Waals surface area contributed by atoms with Gasteiger partial charge in [0.1, 0.15) is 11.5 Å². The lowest BCUT2D eigenvalue weighted by Gasteiger charge is -2.14. The number of aryl methyl sites for hydroxylation is 1. The van der Waals surface area contributed by atoms with E-state index >= 15 is 0 Å². The lowest BCUT2D eigenvalue weighted by molar-refractivity contribution is 0.601. The van der Waals surface area contributed by atoms with E-state index in [1.807, 2.05) is 0 Å². The van der Waals surface area contributed by atoms with Crippen LogP contribution in [0.4, 0.5) is 4.39 Å². The molecule has 1 atom stereocenters. The smallest absolute Gasteiger partial charge is 0.126 e. The second kappa shape index (κ2) is 4.38. The van der Waals surface area contributed by atoms with Crippen LogP contribution in [0.15, 0.2) is 24.4 Å². The van der Waals surface area contributed by atoms with Crippen molar-refractivity contribution in [3.8, 4) is 0 Å². The average Bonchev–Trinajstić information content (AvgIpc) is 2.78. The number of hydrogen-bond acceptors (Lipinski definition) is 4. The second-order valence-corrected chi connectivity index (χ2v) is 3.50. The summed E-state index contributed by atoms with van der Waals surface area (Å²) in [5.74, 6) is 5.22. The molecule has 84 valence electrons. The molecule has 1 unspecified atom stereocenters. The van der Waals surface area contributed by atoms with Gasteiger partial charge in [0.2, 0.25) is 0 Å². The third-order valence-corrected chi connectivity index (χ3v) is 2.41. The fourth-order valence-corrected chi connectivity index (χ4v) is 1.55. The fourth-order valence-electron chi connectivity index (χ4n) is 1.55. The van der Waals surface area contributed by atoms with E-state index in [-0.39, 0.29) is 11.9 Å². The van der Waals surface area contributed by atoms with Crippen molar-refractivity contribution >= 4 is 0 Å². The molecule has 1 aromatic carbocycles. The maximum absolute atomic E-state index is 13.1. The van der Waals surface area contributed by atoms with Gasteiger partial charge in [-0.3, -0.25) is 5.84 Å². The Morgan fingerprint density at radius 3 is 2.88 bits per heavy atom. The topological polar surface area (TPSA) is 79.6 Å². The van der Waals surface area contributed by atoms with Crippen molar-refractivity contribution in [2.24, 2.45) is 5.84 Å². The summed E-state index contributed by atoms with van der Waals surface area (Å²) in [4.78, 5) is 0. The van der Waals surface area contributed by atoms with Crippen LogP contribution in [0, 0.1) is 12.7 Å². The van der Waals surface area contributed by atoms with Crippen LogP contribution >= 0.6 is 0 Å². The molecule has 16 heavy (non-hydrogen) atoms. The van der Waals surface area contributed by atoms with E-state index in [0.717, 1.165) is 5.56 Å². The minimum atomic E-state index is -0.293. The van der Waals surface area contributed by atoms with Crippen molar-refractivity contribution in [1.29, 1.82) is 0 Å². The van der Waals surface area contributed by atoms with Gasteiger partial charge in [-0.2, -0.15) is 15.4 Å². The van der Waals surface area contributed by atoms with E-state index in [1.165, 1.54) is 6.07 Å². The third kappa shape index (κ3) is 1.93. The van der Waals surface area contributed by atoms with Crippen LogP contribution in [0.25, 0.3) is 0 Å². The van der Waals surface area contributed by atoms with E-state index in [1.54, 1.807) is 25.3 Å². The third-order valence-electron chi connectivity index (χ3n) is 2.41. The Morgan fingerprint density at radius 1 is 1.50 bits per heavy atom. The Kier molecular flexibility index (Phi) is 2.93. The van der Waals surface area contributed by atoms with Gasteiger partial charge in [-0.1, -0.05) is 12.1 Å². The van der Waals surface area contributed by atoms with Crippen LogP contribution in [0.3, 0.4) is 0 Å². The number of nitrogens with two attached hydrogens (primary N) is 1. The van der Waals surface area contributed by atoms with Gasteiger partial charge in [-0.05, 0) is 24.1 Å². The first kappa shape index (κ1) is 10.7. The standard InChI is InChI=1S/C10H12FN5/c1-6-4-7(2-3-8(6)11)10(14-12)9-5-13-16-15-9/h2-5,10,14H,12H2,1H3,(H,13,15,16). The van der Waals surface area contributed by atoms with Crippen LogP contribution in [-0.2, 0) is 0 Å². The number of benzene rings is 1. The summed E-state index contributed by atoms with van der Waals surface area (Å²) in [6, 6.07) is 4.52. The molecule has 5 nitrogen and oxygen atoms in total. The van der Waals surface area contributed by atoms with Crippen LogP contribution in [0.1, 0.15) is 22.9 Å². The fraction of sp³-hybridized carbons (Fsp3) is 0.200. The molecule has 0 aliphatic rings. The van der Waals surface area contributed by atoms with Gasteiger partial charge in [0.05, 0.1) is 12.2 Å². The summed E-state index contributed by atoms with van der Waals surface area (Å²) in [5.41, 5.74) is 4.70. The number of aromatic amines is 1. The van der Waals surface area contributed by atoms with Crippen molar-refractivity contribution in [3.05, 3.63) is 47.0 Å². The highest BCUT2D eigenvalue weighted by Gasteiger charge is 2.15. The molecular formula is C10H12FN5. The van der Waals surface area contributed by atoms with E-state index in [4.69, 9.17) is 5.84 Å². The number of rotatable bonds is 3. The Balaban J connectivity index is 2.37. The van der Waals surface area contributed by atoms with Gasteiger partial charge in [-0.15, -0.1) is 0 Å². The van der Waals surface area contributed by atoms with Crippen LogP contribution < -0.4 is 11.3 Å². The van der Waals surface area contributed by atoms with Gasteiger partial charge in [0.15, 0.2) is 0 Å². The summed E-state index contributed by atoms with van der Waals surface area (Å²) in [7, 11) is 0. The lowest BCUT2D eigenvalue weighted by atomic mass is 10.0. The monoisotopic (exact) mass is 221 g/mol. The number of halogens is 1. The Bertz CT molecular complexity index is 468. The van der Waals surface area contributed by atoms with Gasteiger partial charge in [-0.25, -0.2) is 9.82 Å². The molecule has 0 amide bonds. The van der Waals surface area contributed by atoms with Crippen molar-refractivity contribution in [2.75, 3.05) is 0 Å². The first-order chi connectivity index (χ1) is 7.72. The molecule has 0 fully saturated rings. The van der Waals surface area contributed by atoms with E-state index in [9.17, 15) is 4.39 Å². The Morgan fingerprint density at radius 2 is 2.31 bits per heavy atom. The summed E-state index contributed by atoms with van der Waals surface area (Å²) >= 11 is 0. The zero-order valence-electron chi connectivity index (χ0n) is 8.74. The highest BCUT2D eigenvalue weighted by molar-refractivity contribution is 5.30. The van der Waals surface area contributed by atoms with Crippen molar-refractivity contribution in [1.82, 2.24) is 20.8 Å². The zero-order chi connectivity index (χ0) is 11.5. The van der Waals surface area contributed by atoms with Crippen molar-refractivity contribution in [3.63, 3.8) is 0 Å². The first-order valence-corrected chi connectivity index (χ1v) is 4.80. The molecule has 0 aliphatic carbocycles. The number of nitrogens with zero attached hydrogens (tertiary/aromatic N) is 2. The minimum Gasteiger partial charge on any atom is -0.271 e. The predicted molar refractivity (Wildman–Crippen MR) is 56.7 cm³/mol. The Labute approximate surface area is 91.8 Å². The molecule has 0 aliphatic heterocycles. The largest absolute Gasteiger partial charge is 0.271 e. The SMILES string of the molecule is Cc1cc(C(NN)c2cn[nH]n2)ccc1F. The molecule has 6 heteroatoms. The minimum absolute atomic E-state index is 0.236. The maximum Gasteiger partial charge on any atom is 0.126 e. The summed E-state index contributed by atoms with van der Waals surface area (Å²) in [6.45, 7) is 1.70. The number of aromatic nitrogens is 3. The number of H-pyrrole nitrogens is 1. The molecular weight excluding hydrogens is 209 g/mol. The van der Waals surface area contributed by atoms with Gasteiger partial charge >= 0.3 is 0 Å². The van der Waals surface area contributed by atoms with Crippen LogP contribution in [0.2, 0.25) is 0 Å². The van der Waals surface area contributed by atoms with Crippen molar-refractivity contribution < 1.29 is 4.39 Å². The molecule has 2 rings (SSSR count). The molecule has 1 aromatic heterocycles. The molecule has 0 spiro atoms. The van der Waals surface area contributed by atoms with Crippen LogP contribution in [-0.4, -0.2) is 15.4 Å². The van der Waals surface area contributed by atoms with E-state index < -0.39 is 0 Å². The molecule has 4 N–H and O–H groups in total. The second-order valence-electron chi connectivity index (χ2n) is 3.50. The molecule has 0 radical (unpaired) electrons.